The molecule has 3 aromatic rings. The number of nitrogens with one attached hydrogen (secondary N) is 3. The van der Waals surface area contributed by atoms with E-state index in [1.165, 1.54) is 12.3 Å². The van der Waals surface area contributed by atoms with Crippen molar-refractivity contribution in [2.24, 2.45) is 0 Å². The molecule has 3 rings (SSSR count). The molecule has 7 heteroatoms. The first-order valence-corrected chi connectivity index (χ1v) is 9.86. The molecule has 1 atom stereocenters. The van der Waals surface area contributed by atoms with E-state index in [1.807, 2.05) is 12.1 Å². The van der Waals surface area contributed by atoms with Crippen LogP contribution in [0, 0.1) is 0 Å². The topological polar surface area (TPSA) is 100 Å². The lowest BCUT2D eigenvalue weighted by molar-refractivity contribution is -0.123. The molecule has 3 N–H and O–H groups in total. The van der Waals surface area contributed by atoms with E-state index in [9.17, 15) is 14.4 Å². The molecular formula is C24H25N3O4. The summed E-state index contributed by atoms with van der Waals surface area (Å²) in [7, 11) is 0. The number of benzene rings is 2. The Morgan fingerprint density at radius 2 is 1.48 bits per heavy atom. The highest BCUT2D eigenvalue weighted by atomic mass is 16.3. The SMILES string of the molecule is CC(C)(C)c1ccc(C(=O)NNC(=O)[C@@H](NC(=O)c2ccco2)c2ccccc2)cc1. The first-order chi connectivity index (χ1) is 14.8. The molecule has 0 saturated heterocycles. The van der Waals surface area contributed by atoms with Crippen LogP contribution in [0.4, 0.5) is 0 Å². The Bertz CT molecular complexity index is 1040. The van der Waals surface area contributed by atoms with Gasteiger partial charge in [-0.15, -0.1) is 0 Å². The van der Waals surface area contributed by atoms with Crippen molar-refractivity contribution in [2.45, 2.75) is 32.2 Å². The van der Waals surface area contributed by atoms with Gasteiger partial charge in [0.15, 0.2) is 5.76 Å². The third-order valence-corrected chi connectivity index (χ3v) is 4.73. The van der Waals surface area contributed by atoms with Crippen molar-refractivity contribution in [2.75, 3.05) is 0 Å². The van der Waals surface area contributed by atoms with Crippen LogP contribution >= 0.6 is 0 Å². The normalized spacial score (nSPS) is 12.0. The zero-order valence-electron chi connectivity index (χ0n) is 17.6. The van der Waals surface area contributed by atoms with Crippen molar-refractivity contribution in [3.63, 3.8) is 0 Å². The molecule has 0 fully saturated rings. The number of hydrogen-bond acceptors (Lipinski definition) is 4. The average molecular weight is 419 g/mol. The predicted molar refractivity (Wildman–Crippen MR) is 116 cm³/mol. The van der Waals surface area contributed by atoms with Gasteiger partial charge in [0.25, 0.3) is 17.7 Å². The minimum atomic E-state index is -1.03. The molecule has 160 valence electrons. The van der Waals surface area contributed by atoms with Crippen LogP contribution in [-0.2, 0) is 10.2 Å². The molecule has 2 aromatic carbocycles. The molecule has 7 nitrogen and oxygen atoms in total. The number of amides is 3. The molecule has 0 aliphatic carbocycles. The van der Waals surface area contributed by atoms with Crippen LogP contribution in [-0.4, -0.2) is 17.7 Å². The number of furan rings is 1. The number of rotatable bonds is 5. The van der Waals surface area contributed by atoms with E-state index in [-0.39, 0.29) is 11.2 Å². The molecule has 3 amide bonds. The summed E-state index contributed by atoms with van der Waals surface area (Å²) in [6, 6.07) is 18.0. The van der Waals surface area contributed by atoms with Crippen LogP contribution in [0.5, 0.6) is 0 Å². The molecule has 0 aliphatic rings. The Morgan fingerprint density at radius 1 is 0.806 bits per heavy atom. The molecular weight excluding hydrogens is 394 g/mol. The summed E-state index contributed by atoms with van der Waals surface area (Å²) in [6.45, 7) is 6.26. The lowest BCUT2D eigenvalue weighted by Crippen LogP contribution is -2.48. The number of carbonyl (C=O) groups is 3. The van der Waals surface area contributed by atoms with E-state index in [2.05, 4.69) is 36.9 Å². The first kappa shape index (κ1) is 21.8. The Labute approximate surface area is 180 Å². The summed E-state index contributed by atoms with van der Waals surface area (Å²) in [5.41, 5.74) is 6.82. The van der Waals surface area contributed by atoms with Crippen LogP contribution < -0.4 is 16.2 Å². The highest BCUT2D eigenvalue weighted by Crippen LogP contribution is 2.22. The van der Waals surface area contributed by atoms with Crippen molar-refractivity contribution in [1.29, 1.82) is 0 Å². The van der Waals surface area contributed by atoms with Gasteiger partial charge in [-0.05, 0) is 40.8 Å². The van der Waals surface area contributed by atoms with Gasteiger partial charge < -0.3 is 9.73 Å². The Kier molecular flexibility index (Phi) is 6.55. The van der Waals surface area contributed by atoms with E-state index in [4.69, 9.17) is 4.42 Å². The molecule has 1 aromatic heterocycles. The zero-order valence-corrected chi connectivity index (χ0v) is 17.6. The van der Waals surface area contributed by atoms with Gasteiger partial charge in [0.2, 0.25) is 0 Å². The summed E-state index contributed by atoms with van der Waals surface area (Å²) >= 11 is 0. The molecule has 1 heterocycles. The maximum absolute atomic E-state index is 12.8. The lowest BCUT2D eigenvalue weighted by Gasteiger charge is -2.20. The maximum atomic E-state index is 12.8. The molecule has 0 spiro atoms. The zero-order chi connectivity index (χ0) is 22.4. The highest BCUT2D eigenvalue weighted by Gasteiger charge is 2.25. The van der Waals surface area contributed by atoms with Crippen molar-refractivity contribution < 1.29 is 18.8 Å². The Hall–Kier alpha value is -3.87. The van der Waals surface area contributed by atoms with Gasteiger partial charge in [0.1, 0.15) is 6.04 Å². The summed E-state index contributed by atoms with van der Waals surface area (Å²) in [5.74, 6) is -1.52. The first-order valence-electron chi connectivity index (χ1n) is 9.86. The molecule has 0 unspecified atom stereocenters. The van der Waals surface area contributed by atoms with E-state index in [0.29, 0.717) is 11.1 Å². The molecule has 0 radical (unpaired) electrons. The maximum Gasteiger partial charge on any atom is 0.287 e. The van der Waals surface area contributed by atoms with Crippen LogP contribution in [0.1, 0.15) is 58.9 Å². The molecule has 0 bridgehead atoms. The monoisotopic (exact) mass is 419 g/mol. The number of carbonyl (C=O) groups excluding carboxylic acids is 3. The van der Waals surface area contributed by atoms with Crippen molar-refractivity contribution in [3.8, 4) is 0 Å². The lowest BCUT2D eigenvalue weighted by atomic mass is 9.87. The molecule has 31 heavy (non-hydrogen) atoms. The Morgan fingerprint density at radius 3 is 2.06 bits per heavy atom. The third kappa shape index (κ3) is 5.60. The predicted octanol–water partition coefficient (Wildman–Crippen LogP) is 3.51. The van der Waals surface area contributed by atoms with Crippen LogP contribution in [0.3, 0.4) is 0 Å². The van der Waals surface area contributed by atoms with Crippen molar-refractivity contribution in [3.05, 3.63) is 95.4 Å². The van der Waals surface area contributed by atoms with Gasteiger partial charge in [-0.2, -0.15) is 0 Å². The summed E-state index contributed by atoms with van der Waals surface area (Å²) in [6.07, 6.45) is 1.37. The molecule has 0 aliphatic heterocycles. The van der Waals surface area contributed by atoms with Crippen LogP contribution in [0.25, 0.3) is 0 Å². The summed E-state index contributed by atoms with van der Waals surface area (Å²) < 4.78 is 5.09. The fourth-order valence-electron chi connectivity index (χ4n) is 2.94. The highest BCUT2D eigenvalue weighted by molar-refractivity contribution is 5.98. The van der Waals surface area contributed by atoms with Gasteiger partial charge in [-0.3, -0.25) is 25.2 Å². The van der Waals surface area contributed by atoms with Gasteiger partial charge >= 0.3 is 0 Å². The van der Waals surface area contributed by atoms with Gasteiger partial charge in [-0.1, -0.05) is 63.2 Å². The summed E-state index contributed by atoms with van der Waals surface area (Å²) in [5, 5.41) is 2.63. The van der Waals surface area contributed by atoms with E-state index in [1.54, 1.807) is 48.5 Å². The second kappa shape index (κ2) is 9.30. The van der Waals surface area contributed by atoms with Crippen LogP contribution in [0.15, 0.2) is 77.4 Å². The largest absolute Gasteiger partial charge is 0.459 e. The fourth-order valence-corrected chi connectivity index (χ4v) is 2.94. The Balaban J connectivity index is 1.68. The van der Waals surface area contributed by atoms with Gasteiger partial charge in [0.05, 0.1) is 6.26 Å². The van der Waals surface area contributed by atoms with Gasteiger partial charge in [0, 0.05) is 5.56 Å². The second-order valence-corrected chi connectivity index (χ2v) is 8.07. The number of hydrogen-bond donors (Lipinski definition) is 3. The average Bonchev–Trinajstić information content (AvgIpc) is 3.30. The van der Waals surface area contributed by atoms with Crippen molar-refractivity contribution in [1.82, 2.24) is 16.2 Å². The quantitative estimate of drug-likeness (QED) is 0.551. The number of hydrazine groups is 1. The third-order valence-electron chi connectivity index (χ3n) is 4.73. The van der Waals surface area contributed by atoms with E-state index in [0.717, 1.165) is 5.56 Å². The van der Waals surface area contributed by atoms with Crippen molar-refractivity contribution >= 4 is 17.7 Å². The van der Waals surface area contributed by atoms with E-state index >= 15 is 0 Å². The van der Waals surface area contributed by atoms with Crippen LogP contribution in [0.2, 0.25) is 0 Å². The van der Waals surface area contributed by atoms with E-state index < -0.39 is 23.8 Å². The minimum Gasteiger partial charge on any atom is -0.459 e. The fraction of sp³-hybridized carbons (Fsp3) is 0.208. The summed E-state index contributed by atoms with van der Waals surface area (Å²) in [4.78, 5) is 37.6. The standard InChI is InChI=1S/C24H25N3O4/c1-24(2,3)18-13-11-17(12-14-18)21(28)26-27-23(30)20(16-8-5-4-6-9-16)25-22(29)19-10-7-15-31-19/h4-15,20H,1-3H3,(H,25,29)(H,26,28)(H,27,30)/t20-/m0/s1. The molecule has 0 saturated carbocycles. The second-order valence-electron chi connectivity index (χ2n) is 8.07. The smallest absolute Gasteiger partial charge is 0.287 e. The van der Waals surface area contributed by atoms with Gasteiger partial charge in [-0.25, -0.2) is 0 Å². The minimum absolute atomic E-state index is 0.0294.